The number of carbonyl (C=O) groups excluding carboxylic acids is 2. The van der Waals surface area contributed by atoms with E-state index in [1.165, 1.54) is 7.11 Å². The highest BCUT2D eigenvalue weighted by molar-refractivity contribution is 6.38. The molecule has 63 heavy (non-hydrogen) atoms. The van der Waals surface area contributed by atoms with E-state index in [9.17, 15) is 24.6 Å². The smallest absolute Gasteiger partial charge is 0.309 e. The molecule has 0 atom stereocenters. The van der Waals surface area contributed by atoms with Crippen molar-refractivity contribution in [2.45, 2.75) is 97.2 Å². The first-order valence-electron chi connectivity index (χ1n) is 22.6. The van der Waals surface area contributed by atoms with Crippen molar-refractivity contribution in [1.29, 1.82) is 0 Å². The number of anilines is 2. The quantitative estimate of drug-likeness (QED) is 0.0223. The monoisotopic (exact) mass is 864 g/mol. The molecule has 0 spiro atoms. The first-order chi connectivity index (χ1) is 30.5. The maximum atomic E-state index is 15.0. The highest BCUT2D eigenvalue weighted by atomic mass is 16.6. The summed E-state index contributed by atoms with van der Waals surface area (Å²) in [6.45, 7) is 2.55. The van der Waals surface area contributed by atoms with Crippen LogP contribution in [0, 0.1) is 23.7 Å². The van der Waals surface area contributed by atoms with E-state index in [1.54, 1.807) is 13.2 Å². The fourth-order valence-corrected chi connectivity index (χ4v) is 11.0. The number of aliphatic hydroxyl groups excluding tert-OH is 3. The van der Waals surface area contributed by atoms with Crippen LogP contribution in [0.2, 0.25) is 0 Å². The van der Waals surface area contributed by atoms with Crippen molar-refractivity contribution in [2.24, 2.45) is 23.7 Å². The number of benzene rings is 5. The third-order valence-electron chi connectivity index (χ3n) is 14.2. The van der Waals surface area contributed by atoms with Crippen molar-refractivity contribution in [3.05, 3.63) is 66.0 Å². The van der Waals surface area contributed by atoms with E-state index in [0.717, 1.165) is 66.9 Å². The Morgan fingerprint density at radius 2 is 1.35 bits per heavy atom. The molecule has 0 radical (unpaired) electrons. The van der Waals surface area contributed by atoms with E-state index in [1.807, 2.05) is 13.0 Å². The van der Waals surface area contributed by atoms with E-state index >= 15 is 4.79 Å². The maximum Gasteiger partial charge on any atom is 0.309 e. The van der Waals surface area contributed by atoms with Gasteiger partial charge in [-0.05, 0) is 140 Å². The number of allylic oxidation sites excluding steroid dienone is 1. The Balaban J connectivity index is 1.25. The Kier molecular flexibility index (Phi) is 13.4. The summed E-state index contributed by atoms with van der Waals surface area (Å²) in [4.78, 5) is 55.3. The molecule has 5 aromatic carbocycles. The Hall–Kier alpha value is -5.08. The van der Waals surface area contributed by atoms with Gasteiger partial charge in [0.15, 0.2) is 11.2 Å². The molecule has 0 bridgehead atoms. The van der Waals surface area contributed by atoms with Crippen LogP contribution in [0.15, 0.2) is 27.3 Å². The zero-order chi connectivity index (χ0) is 44.5. The normalized spacial score (nSPS) is 20.1. The SMILES string of the molecule is COCCOC(=O)C1CCC(CCc2c3c4c5c(c(OC)c(=O)c6c(NCC7CCC(C(=O)OCCCO)CC7)cc(CO)c(c7c(CO)cc(N)c(c2=O)c74)c65)CC(C)=C3)CC1. The summed E-state index contributed by atoms with van der Waals surface area (Å²) in [5.41, 5.74) is 11.3. The molecule has 6 N–H and O–H groups in total. The molecule has 2 saturated carbocycles. The van der Waals surface area contributed by atoms with Crippen LogP contribution in [0.25, 0.3) is 49.2 Å². The van der Waals surface area contributed by atoms with Crippen molar-refractivity contribution < 1.29 is 43.9 Å². The Morgan fingerprint density at radius 3 is 1.97 bits per heavy atom. The summed E-state index contributed by atoms with van der Waals surface area (Å²) in [5.74, 6) is -0.00827. The molecule has 0 saturated heterocycles. The lowest BCUT2D eigenvalue weighted by Crippen LogP contribution is -2.27. The van der Waals surface area contributed by atoms with Gasteiger partial charge >= 0.3 is 11.9 Å². The summed E-state index contributed by atoms with van der Waals surface area (Å²) < 4.78 is 21.9. The highest BCUT2D eigenvalue weighted by Crippen LogP contribution is 2.51. The van der Waals surface area contributed by atoms with Gasteiger partial charge in [0.1, 0.15) is 6.61 Å². The van der Waals surface area contributed by atoms with Gasteiger partial charge in [-0.15, -0.1) is 0 Å². The predicted molar refractivity (Wildman–Crippen MR) is 245 cm³/mol. The zero-order valence-electron chi connectivity index (χ0n) is 36.7. The molecule has 3 aliphatic rings. The van der Waals surface area contributed by atoms with Gasteiger partial charge < -0.3 is 45.3 Å². The number of esters is 2. The molecule has 13 nitrogen and oxygen atoms in total. The Bertz CT molecular complexity index is 2680. The van der Waals surface area contributed by atoms with Gasteiger partial charge in [-0.2, -0.15) is 0 Å². The van der Waals surface area contributed by atoms with Crippen molar-refractivity contribution in [3.63, 3.8) is 0 Å². The van der Waals surface area contributed by atoms with Gasteiger partial charge in [-0.25, -0.2) is 0 Å². The van der Waals surface area contributed by atoms with E-state index in [-0.39, 0.29) is 85.0 Å². The van der Waals surface area contributed by atoms with Crippen LogP contribution in [0.1, 0.15) is 98.9 Å². The second kappa shape index (κ2) is 18.9. The second-order valence-corrected chi connectivity index (χ2v) is 18.0. The molecule has 0 aliphatic heterocycles. The number of nitrogens with one attached hydrogen (secondary N) is 1. The van der Waals surface area contributed by atoms with Gasteiger partial charge in [0, 0.05) is 60.0 Å². The average molecular weight is 865 g/mol. The summed E-state index contributed by atoms with van der Waals surface area (Å²) >= 11 is 0. The fourth-order valence-electron chi connectivity index (χ4n) is 11.0. The van der Waals surface area contributed by atoms with Gasteiger partial charge in [-0.1, -0.05) is 11.6 Å². The van der Waals surface area contributed by atoms with E-state index in [2.05, 4.69) is 11.4 Å². The van der Waals surface area contributed by atoms with Gasteiger partial charge in [-0.3, -0.25) is 19.2 Å². The van der Waals surface area contributed by atoms with Crippen LogP contribution in [0.4, 0.5) is 11.4 Å². The highest BCUT2D eigenvalue weighted by Gasteiger charge is 2.34. The minimum atomic E-state index is -0.385. The first-order valence-corrected chi connectivity index (χ1v) is 22.6. The number of carbonyl (C=O) groups is 2. The largest absolute Gasteiger partial charge is 0.492 e. The second-order valence-electron chi connectivity index (χ2n) is 18.0. The predicted octanol–water partition coefficient (Wildman–Crippen LogP) is 6.50. The molecule has 2 fully saturated rings. The third-order valence-corrected chi connectivity index (χ3v) is 14.2. The van der Waals surface area contributed by atoms with Gasteiger partial charge in [0.05, 0.1) is 56.1 Å². The van der Waals surface area contributed by atoms with Crippen LogP contribution in [0.3, 0.4) is 0 Å². The lowest BCUT2D eigenvalue weighted by atomic mass is 9.78. The molecule has 0 amide bonds. The van der Waals surface area contributed by atoms with Crippen LogP contribution in [0.5, 0.6) is 5.75 Å². The molecular formula is C50H60N2O11. The molecule has 0 aromatic heterocycles. The number of aliphatic hydroxyl groups is 3. The minimum absolute atomic E-state index is 0.0292. The number of rotatable bonds is 17. The molecule has 0 unspecified atom stereocenters. The molecule has 3 aliphatic carbocycles. The zero-order valence-corrected chi connectivity index (χ0v) is 36.7. The minimum Gasteiger partial charge on any atom is -0.492 e. The lowest BCUT2D eigenvalue weighted by Gasteiger charge is -2.28. The summed E-state index contributed by atoms with van der Waals surface area (Å²) in [7, 11) is 3.08. The number of hydrogen-bond acceptors (Lipinski definition) is 13. The van der Waals surface area contributed by atoms with Crippen molar-refractivity contribution >= 4 is 72.5 Å². The summed E-state index contributed by atoms with van der Waals surface area (Å²) in [5, 5.41) is 39.6. The fraction of sp³-hybridized carbons (Fsp3) is 0.520. The van der Waals surface area contributed by atoms with Crippen molar-refractivity contribution in [1.82, 2.24) is 0 Å². The Labute approximate surface area is 366 Å². The number of nitrogen functional groups attached to an aromatic ring is 1. The third kappa shape index (κ3) is 8.17. The number of methoxy groups -OCH3 is 2. The summed E-state index contributed by atoms with van der Waals surface area (Å²) in [6, 6.07) is 3.47. The standard InChI is InChI=1S/C50H60N2O11/c1-26-19-34-33(14-9-27-5-10-29(11-6-27)50(59)63-18-17-60-2)46(56)42-36(51)21-31(24-54)38-39-32(25-55)22-37(52-23-28-7-12-30(13-8-28)49(58)62-16-4-15-53)43-45(39)41(40(34)44(38)42)35(20-26)48(61-3)47(43)57/h19,21-22,27-30,52-55H,4-18,20,23-25,51H2,1-3H3. The van der Waals surface area contributed by atoms with Gasteiger partial charge in [0.25, 0.3) is 0 Å². The molecular weight excluding hydrogens is 805 g/mol. The lowest BCUT2D eigenvalue weighted by molar-refractivity contribution is -0.151. The van der Waals surface area contributed by atoms with Crippen LogP contribution < -0.4 is 26.6 Å². The molecule has 0 heterocycles. The van der Waals surface area contributed by atoms with E-state index in [0.29, 0.717) is 111 Å². The van der Waals surface area contributed by atoms with Crippen LogP contribution in [-0.2, 0) is 49.9 Å². The van der Waals surface area contributed by atoms with Crippen molar-refractivity contribution in [2.75, 3.05) is 58.2 Å². The average Bonchev–Trinajstić information content (AvgIpc) is 3.44. The number of fused-ring (bicyclic) bond motifs is 1. The number of hydrogen-bond donors (Lipinski definition) is 5. The maximum absolute atomic E-state index is 15.0. The summed E-state index contributed by atoms with van der Waals surface area (Å²) in [6.07, 6.45) is 10.2. The van der Waals surface area contributed by atoms with Crippen LogP contribution >= 0.6 is 0 Å². The number of nitrogens with two attached hydrogens (primary N) is 1. The molecule has 8 rings (SSSR count). The van der Waals surface area contributed by atoms with Crippen molar-refractivity contribution in [3.8, 4) is 5.75 Å². The molecule has 13 heteroatoms. The molecule has 5 aromatic rings. The molecule has 336 valence electrons. The van der Waals surface area contributed by atoms with Gasteiger partial charge in [0.2, 0.25) is 5.43 Å². The van der Waals surface area contributed by atoms with E-state index < -0.39 is 0 Å². The first kappa shape index (κ1) is 44.5. The van der Waals surface area contributed by atoms with E-state index in [4.69, 9.17) is 29.8 Å². The van der Waals surface area contributed by atoms with Crippen LogP contribution in [-0.4, -0.2) is 74.5 Å². The number of ether oxygens (including phenoxy) is 4. The Morgan fingerprint density at radius 1 is 0.730 bits per heavy atom. The topological polar surface area (TPSA) is 204 Å².